The van der Waals surface area contributed by atoms with Crippen molar-refractivity contribution in [1.29, 1.82) is 0 Å². The largest absolute Gasteiger partial charge is 0.367 e. The van der Waals surface area contributed by atoms with Crippen LogP contribution in [0.5, 0.6) is 0 Å². The van der Waals surface area contributed by atoms with E-state index in [1.54, 1.807) is 0 Å². The van der Waals surface area contributed by atoms with Gasteiger partial charge in [0.25, 0.3) is 0 Å². The maximum atomic E-state index is 6.08. The van der Waals surface area contributed by atoms with Gasteiger partial charge in [0, 0.05) is 24.9 Å². The van der Waals surface area contributed by atoms with Gasteiger partial charge in [-0.15, -0.1) is 0 Å². The molecule has 0 N–H and O–H groups in total. The molecule has 4 heteroatoms. The number of rotatable bonds is 10. The Hall–Kier alpha value is -3.57. The van der Waals surface area contributed by atoms with Crippen LogP contribution in [0.3, 0.4) is 0 Å². The SMILES string of the molecule is CN(C)CCOC(c1ccccc1)c1ccccc1.Cc1ccc(/C(=C\CN2CCCC2)c2ccccn2)cc1. The van der Waals surface area contributed by atoms with Gasteiger partial charge in [-0.3, -0.25) is 9.88 Å². The Bertz CT molecular complexity index is 1230. The summed E-state index contributed by atoms with van der Waals surface area (Å²) < 4.78 is 6.08. The van der Waals surface area contributed by atoms with Crippen molar-refractivity contribution < 1.29 is 4.74 Å². The zero-order chi connectivity index (χ0) is 28.0. The average molecular weight is 534 g/mol. The summed E-state index contributed by atoms with van der Waals surface area (Å²) in [6, 6.07) is 35.6. The number of aryl methyl sites for hydroxylation is 1. The van der Waals surface area contributed by atoms with Gasteiger partial charge in [-0.25, -0.2) is 0 Å². The summed E-state index contributed by atoms with van der Waals surface area (Å²) >= 11 is 0. The van der Waals surface area contributed by atoms with E-state index < -0.39 is 0 Å². The molecule has 5 rings (SSSR count). The van der Waals surface area contributed by atoms with Crippen LogP contribution in [0.25, 0.3) is 5.57 Å². The molecule has 4 aromatic rings. The molecule has 0 aliphatic carbocycles. The van der Waals surface area contributed by atoms with E-state index in [0.29, 0.717) is 0 Å². The minimum atomic E-state index is 0.0161. The number of likely N-dealkylation sites (N-methyl/N-ethyl adjacent to an activating group) is 1. The maximum absolute atomic E-state index is 6.08. The molecule has 1 aromatic heterocycles. The van der Waals surface area contributed by atoms with E-state index in [-0.39, 0.29) is 6.10 Å². The number of ether oxygens (including phenoxy) is 1. The third kappa shape index (κ3) is 9.27. The van der Waals surface area contributed by atoms with Crippen molar-refractivity contribution in [3.63, 3.8) is 0 Å². The quantitative estimate of drug-likeness (QED) is 0.214. The molecule has 1 aliphatic heterocycles. The van der Waals surface area contributed by atoms with Crippen molar-refractivity contribution in [3.8, 4) is 0 Å². The summed E-state index contributed by atoms with van der Waals surface area (Å²) in [5.41, 5.74) is 7.24. The lowest BCUT2D eigenvalue weighted by molar-refractivity contribution is 0.0687. The fraction of sp³-hybridized carbons (Fsp3) is 0.306. The highest BCUT2D eigenvalue weighted by Gasteiger charge is 2.14. The van der Waals surface area contributed by atoms with E-state index >= 15 is 0 Å². The molecule has 0 unspecified atom stereocenters. The molecule has 0 amide bonds. The predicted octanol–water partition coefficient (Wildman–Crippen LogP) is 7.27. The molecule has 0 atom stereocenters. The minimum absolute atomic E-state index is 0.0161. The first-order valence-electron chi connectivity index (χ1n) is 14.4. The number of aromatic nitrogens is 1. The summed E-state index contributed by atoms with van der Waals surface area (Å²) in [4.78, 5) is 9.18. The fourth-order valence-corrected chi connectivity index (χ4v) is 4.80. The number of pyridine rings is 1. The Morgan fingerprint density at radius 1 is 0.825 bits per heavy atom. The zero-order valence-corrected chi connectivity index (χ0v) is 24.2. The Kier molecular flexibility index (Phi) is 11.7. The molecule has 3 aromatic carbocycles. The molecule has 0 saturated carbocycles. The number of likely N-dealkylation sites (tertiary alicyclic amines) is 1. The summed E-state index contributed by atoms with van der Waals surface area (Å²) in [5.74, 6) is 0. The van der Waals surface area contributed by atoms with Gasteiger partial charge < -0.3 is 9.64 Å². The van der Waals surface area contributed by atoms with Crippen LogP contribution >= 0.6 is 0 Å². The van der Waals surface area contributed by atoms with Crippen LogP contribution in [-0.2, 0) is 4.74 Å². The van der Waals surface area contributed by atoms with Crippen molar-refractivity contribution >= 4 is 5.57 Å². The van der Waals surface area contributed by atoms with Gasteiger partial charge in [0.05, 0.1) is 12.3 Å². The first kappa shape index (κ1) is 29.4. The highest BCUT2D eigenvalue weighted by atomic mass is 16.5. The van der Waals surface area contributed by atoms with Gasteiger partial charge in [-0.1, -0.05) is 103 Å². The molecule has 1 aliphatic rings. The highest BCUT2D eigenvalue weighted by molar-refractivity contribution is 5.78. The van der Waals surface area contributed by atoms with Crippen molar-refractivity contribution in [1.82, 2.24) is 14.8 Å². The number of nitrogens with zero attached hydrogens (tertiary/aromatic N) is 3. The molecule has 0 bridgehead atoms. The molecular formula is C36H43N3O. The van der Waals surface area contributed by atoms with Gasteiger partial charge in [-0.05, 0) is 75.8 Å². The van der Waals surface area contributed by atoms with Gasteiger partial charge in [0.1, 0.15) is 6.10 Å². The van der Waals surface area contributed by atoms with Crippen LogP contribution in [0.2, 0.25) is 0 Å². The molecule has 1 fully saturated rings. The van der Waals surface area contributed by atoms with Crippen LogP contribution < -0.4 is 0 Å². The van der Waals surface area contributed by atoms with E-state index in [4.69, 9.17) is 4.74 Å². The molecular weight excluding hydrogens is 490 g/mol. The van der Waals surface area contributed by atoms with Crippen LogP contribution in [-0.4, -0.2) is 61.7 Å². The topological polar surface area (TPSA) is 28.6 Å². The standard InChI is InChI=1S/C19H22N2.C17H21NO/c1-16-7-9-17(10-8-16)18(19-6-2-3-12-20-19)11-15-21-13-4-5-14-21;1-18(2)13-14-19-17(15-9-5-3-6-10-15)16-11-7-4-8-12-16/h2-3,6-12H,4-5,13-15H2,1H3;3-12,17H,13-14H2,1-2H3/b18-11+;. The Morgan fingerprint density at radius 3 is 1.98 bits per heavy atom. The molecule has 208 valence electrons. The smallest absolute Gasteiger partial charge is 0.108 e. The van der Waals surface area contributed by atoms with Crippen LogP contribution in [0.15, 0.2) is 115 Å². The van der Waals surface area contributed by atoms with E-state index in [1.807, 2.05) is 24.4 Å². The predicted molar refractivity (Wildman–Crippen MR) is 167 cm³/mol. The van der Waals surface area contributed by atoms with Gasteiger partial charge >= 0.3 is 0 Å². The van der Waals surface area contributed by atoms with Gasteiger partial charge in [-0.2, -0.15) is 0 Å². The molecule has 0 spiro atoms. The first-order chi connectivity index (χ1) is 19.6. The molecule has 40 heavy (non-hydrogen) atoms. The van der Waals surface area contributed by atoms with Crippen LogP contribution in [0.1, 0.15) is 46.9 Å². The lowest BCUT2D eigenvalue weighted by atomic mass is 10.0. The van der Waals surface area contributed by atoms with Crippen molar-refractivity contribution in [2.75, 3.05) is 46.9 Å². The second-order valence-corrected chi connectivity index (χ2v) is 10.6. The van der Waals surface area contributed by atoms with E-state index in [9.17, 15) is 0 Å². The Balaban J connectivity index is 0.000000186. The lowest BCUT2D eigenvalue weighted by Gasteiger charge is -2.20. The molecule has 0 radical (unpaired) electrons. The summed E-state index contributed by atoms with van der Waals surface area (Å²) in [6.45, 7) is 7.23. The lowest BCUT2D eigenvalue weighted by Crippen LogP contribution is -2.20. The summed E-state index contributed by atoms with van der Waals surface area (Å²) in [5, 5.41) is 0. The second kappa shape index (κ2) is 15.9. The van der Waals surface area contributed by atoms with Gasteiger partial charge in [0.2, 0.25) is 0 Å². The first-order valence-corrected chi connectivity index (χ1v) is 14.4. The normalized spacial score (nSPS) is 13.9. The minimum Gasteiger partial charge on any atom is -0.367 e. The fourth-order valence-electron chi connectivity index (χ4n) is 4.80. The second-order valence-electron chi connectivity index (χ2n) is 10.6. The molecule has 4 nitrogen and oxygen atoms in total. The maximum Gasteiger partial charge on any atom is 0.108 e. The third-order valence-electron chi connectivity index (χ3n) is 7.08. The Morgan fingerprint density at radius 2 is 1.43 bits per heavy atom. The van der Waals surface area contributed by atoms with Crippen molar-refractivity contribution in [2.45, 2.75) is 25.9 Å². The highest BCUT2D eigenvalue weighted by Crippen LogP contribution is 2.26. The van der Waals surface area contributed by atoms with E-state index in [2.05, 4.69) is 127 Å². The Labute approximate surface area is 241 Å². The van der Waals surface area contributed by atoms with Crippen LogP contribution in [0, 0.1) is 6.92 Å². The van der Waals surface area contributed by atoms with Gasteiger partial charge in [0.15, 0.2) is 0 Å². The average Bonchev–Trinajstić information content (AvgIpc) is 3.52. The zero-order valence-electron chi connectivity index (χ0n) is 24.2. The molecule has 2 heterocycles. The number of benzene rings is 3. The number of hydrogen-bond donors (Lipinski definition) is 0. The number of hydrogen-bond acceptors (Lipinski definition) is 4. The summed E-state index contributed by atoms with van der Waals surface area (Å²) in [6.07, 6.45) is 6.88. The summed E-state index contributed by atoms with van der Waals surface area (Å²) in [7, 11) is 4.12. The molecule has 1 saturated heterocycles. The van der Waals surface area contributed by atoms with Crippen LogP contribution in [0.4, 0.5) is 0 Å². The third-order valence-corrected chi connectivity index (χ3v) is 7.08. The monoisotopic (exact) mass is 533 g/mol. The van der Waals surface area contributed by atoms with Crippen molar-refractivity contribution in [2.24, 2.45) is 0 Å². The van der Waals surface area contributed by atoms with Crippen molar-refractivity contribution in [3.05, 3.63) is 143 Å². The van der Waals surface area contributed by atoms with E-state index in [0.717, 1.165) is 25.4 Å². The van der Waals surface area contributed by atoms with E-state index in [1.165, 1.54) is 53.8 Å².